The van der Waals surface area contributed by atoms with Gasteiger partial charge >= 0.3 is 0 Å². The minimum Gasteiger partial charge on any atom is -0.299 e. The Morgan fingerprint density at radius 2 is 2.06 bits per heavy atom. The molecule has 1 unspecified atom stereocenters. The van der Waals surface area contributed by atoms with Crippen molar-refractivity contribution < 1.29 is 4.79 Å². The van der Waals surface area contributed by atoms with Crippen LogP contribution in [0.1, 0.15) is 52.9 Å². The highest BCUT2D eigenvalue weighted by atomic mass is 16.1. The number of hydrogen-bond donors (Lipinski definition) is 0. The molecule has 0 saturated carbocycles. The second-order valence-corrected chi connectivity index (χ2v) is 5.38. The monoisotopic (exact) mass is 220 g/mol. The van der Waals surface area contributed by atoms with E-state index >= 15 is 0 Å². The van der Waals surface area contributed by atoms with Crippen molar-refractivity contribution >= 4 is 5.78 Å². The summed E-state index contributed by atoms with van der Waals surface area (Å²) in [6.07, 6.45) is 7.06. The lowest BCUT2D eigenvalue weighted by Crippen LogP contribution is -2.20. The maximum atomic E-state index is 12.1. The van der Waals surface area contributed by atoms with Gasteiger partial charge in [0.2, 0.25) is 0 Å². The second-order valence-electron chi connectivity index (χ2n) is 5.38. The molecule has 1 aliphatic carbocycles. The summed E-state index contributed by atoms with van der Waals surface area (Å²) in [4.78, 5) is 12.1. The van der Waals surface area contributed by atoms with Crippen LogP contribution in [-0.2, 0) is 4.79 Å². The van der Waals surface area contributed by atoms with Crippen molar-refractivity contribution in [3.63, 3.8) is 0 Å². The van der Waals surface area contributed by atoms with Crippen molar-refractivity contribution in [3.05, 3.63) is 23.8 Å². The van der Waals surface area contributed by atoms with E-state index in [0.717, 1.165) is 31.3 Å². The molecule has 0 N–H and O–H groups in total. The highest BCUT2D eigenvalue weighted by Gasteiger charge is 2.21. The molecule has 1 aliphatic rings. The number of ketones is 1. The lowest BCUT2D eigenvalue weighted by Gasteiger charge is -2.20. The van der Waals surface area contributed by atoms with Gasteiger partial charge in [0.25, 0.3) is 0 Å². The quantitative estimate of drug-likeness (QED) is 0.602. The molecule has 0 spiro atoms. The van der Waals surface area contributed by atoms with Gasteiger partial charge in [-0.1, -0.05) is 37.6 Å². The molecular formula is C15H24O. The van der Waals surface area contributed by atoms with Crippen LogP contribution < -0.4 is 0 Å². The average Bonchev–Trinajstić information content (AvgIpc) is 2.16. The fourth-order valence-corrected chi connectivity index (χ4v) is 2.29. The Morgan fingerprint density at radius 1 is 1.38 bits per heavy atom. The summed E-state index contributed by atoms with van der Waals surface area (Å²) in [6, 6.07) is 0. The molecule has 0 saturated heterocycles. The largest absolute Gasteiger partial charge is 0.299 e. The molecular weight excluding hydrogens is 196 g/mol. The third-order valence-electron chi connectivity index (χ3n) is 3.46. The highest BCUT2D eigenvalue weighted by Crippen LogP contribution is 2.25. The molecule has 90 valence electrons. The second kappa shape index (κ2) is 6.03. The van der Waals surface area contributed by atoms with Gasteiger partial charge in [0.1, 0.15) is 5.78 Å². The van der Waals surface area contributed by atoms with Gasteiger partial charge in [-0.05, 0) is 38.5 Å². The van der Waals surface area contributed by atoms with Crippen molar-refractivity contribution in [1.29, 1.82) is 0 Å². The first kappa shape index (κ1) is 13.2. The molecule has 0 fully saturated rings. The van der Waals surface area contributed by atoms with Crippen LogP contribution >= 0.6 is 0 Å². The Morgan fingerprint density at radius 3 is 2.69 bits per heavy atom. The molecule has 1 heteroatoms. The van der Waals surface area contributed by atoms with Gasteiger partial charge in [-0.25, -0.2) is 0 Å². The van der Waals surface area contributed by atoms with E-state index < -0.39 is 0 Å². The Kier molecular flexibility index (Phi) is 4.98. The van der Waals surface area contributed by atoms with Crippen LogP contribution in [0, 0.1) is 11.8 Å². The fraction of sp³-hybridized carbons (Fsp3) is 0.667. The molecule has 0 radical (unpaired) electrons. The Bertz CT molecular complexity index is 297. The molecule has 0 bridgehead atoms. The average molecular weight is 220 g/mol. The van der Waals surface area contributed by atoms with E-state index in [2.05, 4.69) is 33.4 Å². The third kappa shape index (κ3) is 3.96. The molecule has 0 aromatic rings. The third-order valence-corrected chi connectivity index (χ3v) is 3.46. The van der Waals surface area contributed by atoms with Crippen LogP contribution in [0.3, 0.4) is 0 Å². The van der Waals surface area contributed by atoms with Crippen molar-refractivity contribution in [2.75, 3.05) is 0 Å². The maximum Gasteiger partial charge on any atom is 0.140 e. The SMILES string of the molecule is C=C1CCC/C(C)=C\CC(C(C)C)C(=O)C1. The number of hydrogen-bond acceptors (Lipinski definition) is 1. The van der Waals surface area contributed by atoms with E-state index in [9.17, 15) is 4.79 Å². The standard InChI is InChI=1S/C15H24O/c1-11(2)14-9-8-12(3)6-5-7-13(4)10-15(14)16/h8,11,14H,4-7,9-10H2,1-3H3/b12-8-. The van der Waals surface area contributed by atoms with E-state index in [4.69, 9.17) is 0 Å². The van der Waals surface area contributed by atoms with Crippen LogP contribution in [0.4, 0.5) is 0 Å². The van der Waals surface area contributed by atoms with Crippen LogP contribution in [0.25, 0.3) is 0 Å². The number of carbonyl (C=O) groups is 1. The topological polar surface area (TPSA) is 17.1 Å². The Labute approximate surface area is 99.6 Å². The first-order chi connectivity index (χ1) is 7.50. The summed E-state index contributed by atoms with van der Waals surface area (Å²) in [7, 11) is 0. The van der Waals surface area contributed by atoms with E-state index in [1.165, 1.54) is 5.57 Å². The maximum absolute atomic E-state index is 12.1. The fourth-order valence-electron chi connectivity index (χ4n) is 2.29. The van der Waals surface area contributed by atoms with Gasteiger partial charge in [-0.15, -0.1) is 0 Å². The minimum absolute atomic E-state index is 0.185. The van der Waals surface area contributed by atoms with Crippen LogP contribution in [-0.4, -0.2) is 5.78 Å². The van der Waals surface area contributed by atoms with Crippen LogP contribution in [0.2, 0.25) is 0 Å². The first-order valence-corrected chi connectivity index (χ1v) is 6.35. The molecule has 0 aliphatic heterocycles. The smallest absolute Gasteiger partial charge is 0.140 e. The van der Waals surface area contributed by atoms with Crippen LogP contribution in [0.15, 0.2) is 23.8 Å². The summed E-state index contributed by atoms with van der Waals surface area (Å²) in [5.74, 6) is 1.000. The summed E-state index contributed by atoms with van der Waals surface area (Å²) >= 11 is 0. The van der Waals surface area contributed by atoms with Crippen LogP contribution in [0.5, 0.6) is 0 Å². The number of carbonyl (C=O) groups excluding carboxylic acids is 1. The van der Waals surface area contributed by atoms with Crippen molar-refractivity contribution in [1.82, 2.24) is 0 Å². The minimum atomic E-state index is 0.185. The highest BCUT2D eigenvalue weighted by molar-refractivity contribution is 5.83. The molecule has 0 aromatic carbocycles. The normalized spacial score (nSPS) is 27.8. The lowest BCUT2D eigenvalue weighted by atomic mass is 9.83. The molecule has 0 heterocycles. The summed E-state index contributed by atoms with van der Waals surface area (Å²) in [6.45, 7) is 10.5. The van der Waals surface area contributed by atoms with E-state index in [0.29, 0.717) is 18.1 Å². The summed E-state index contributed by atoms with van der Waals surface area (Å²) in [5, 5.41) is 0. The number of rotatable bonds is 1. The van der Waals surface area contributed by atoms with Gasteiger partial charge in [-0.3, -0.25) is 4.79 Å². The zero-order valence-corrected chi connectivity index (χ0v) is 10.9. The van der Waals surface area contributed by atoms with Gasteiger partial charge in [-0.2, -0.15) is 0 Å². The zero-order chi connectivity index (χ0) is 12.1. The van der Waals surface area contributed by atoms with Crippen molar-refractivity contribution in [2.45, 2.75) is 52.9 Å². The van der Waals surface area contributed by atoms with Crippen molar-refractivity contribution in [2.24, 2.45) is 11.8 Å². The van der Waals surface area contributed by atoms with Gasteiger partial charge in [0.15, 0.2) is 0 Å². The molecule has 0 amide bonds. The van der Waals surface area contributed by atoms with Gasteiger partial charge in [0.05, 0.1) is 0 Å². The summed E-state index contributed by atoms with van der Waals surface area (Å²) < 4.78 is 0. The molecule has 1 atom stereocenters. The van der Waals surface area contributed by atoms with E-state index in [1.807, 2.05) is 0 Å². The predicted octanol–water partition coefficient (Wildman–Crippen LogP) is 4.29. The molecule has 16 heavy (non-hydrogen) atoms. The molecule has 0 aromatic heterocycles. The molecule has 1 rings (SSSR count). The zero-order valence-electron chi connectivity index (χ0n) is 10.9. The Balaban J connectivity index is 2.80. The number of Topliss-reactive ketones (excluding diaryl/α,β-unsaturated/α-hetero) is 1. The number of allylic oxidation sites excluding steroid dienone is 3. The first-order valence-electron chi connectivity index (χ1n) is 6.35. The van der Waals surface area contributed by atoms with Gasteiger partial charge in [0, 0.05) is 12.3 Å². The lowest BCUT2D eigenvalue weighted by molar-refractivity contribution is -0.123. The molecule has 1 nitrogen and oxygen atoms in total. The van der Waals surface area contributed by atoms with E-state index in [1.54, 1.807) is 0 Å². The summed E-state index contributed by atoms with van der Waals surface area (Å²) in [5.41, 5.74) is 2.54. The van der Waals surface area contributed by atoms with Crippen molar-refractivity contribution in [3.8, 4) is 0 Å². The van der Waals surface area contributed by atoms with E-state index in [-0.39, 0.29) is 5.92 Å². The Hall–Kier alpha value is -0.850. The predicted molar refractivity (Wildman–Crippen MR) is 69.3 cm³/mol. The van der Waals surface area contributed by atoms with Gasteiger partial charge < -0.3 is 0 Å².